The maximum absolute atomic E-state index is 13.1. The molecule has 0 radical (unpaired) electrons. The predicted octanol–water partition coefficient (Wildman–Crippen LogP) is 1.27. The Morgan fingerprint density at radius 2 is 2.35 bits per heavy atom. The Hall–Kier alpha value is -1.62. The Balaban J connectivity index is 2.16. The van der Waals surface area contributed by atoms with Gasteiger partial charge in [0, 0.05) is 19.7 Å². The number of nitrogens with one attached hydrogen (secondary N) is 1. The Labute approximate surface area is 99.0 Å². The van der Waals surface area contributed by atoms with Crippen LogP contribution in [0.4, 0.5) is 9.18 Å². The number of hydrogen-bond acceptors (Lipinski definition) is 2. The number of rotatable bonds is 4. The lowest BCUT2D eigenvalue weighted by atomic mass is 10.1. The number of carbonyl (C=O) groups excluding carboxylic acids is 1. The minimum atomic E-state index is -0.302. The van der Waals surface area contributed by atoms with Crippen LogP contribution in [0.15, 0.2) is 24.3 Å². The standard InChI is InChI=1S/C12H15FN2O2/c13-10-4-1-3-9(7-10)11-8-14-12(17)15(11)5-2-6-16/h1,3-4,7,11,16H,2,5-6,8H2,(H,14,17). The zero-order chi connectivity index (χ0) is 12.3. The molecule has 1 saturated heterocycles. The van der Waals surface area contributed by atoms with Gasteiger partial charge in [0.25, 0.3) is 0 Å². The Morgan fingerprint density at radius 3 is 3.06 bits per heavy atom. The molecule has 0 spiro atoms. The first-order chi connectivity index (χ1) is 8.22. The average Bonchev–Trinajstić information content (AvgIpc) is 2.68. The summed E-state index contributed by atoms with van der Waals surface area (Å²) in [4.78, 5) is 13.2. The van der Waals surface area contributed by atoms with Crippen molar-refractivity contribution in [3.8, 4) is 0 Å². The summed E-state index contributed by atoms with van der Waals surface area (Å²) in [5.41, 5.74) is 0.779. The molecule has 0 bridgehead atoms. The second-order valence-corrected chi connectivity index (χ2v) is 4.03. The molecule has 92 valence electrons. The highest BCUT2D eigenvalue weighted by Gasteiger charge is 2.31. The summed E-state index contributed by atoms with van der Waals surface area (Å²) in [6.07, 6.45) is 0.527. The second-order valence-electron chi connectivity index (χ2n) is 4.03. The van der Waals surface area contributed by atoms with Crippen LogP contribution in [0.2, 0.25) is 0 Å². The van der Waals surface area contributed by atoms with Gasteiger partial charge >= 0.3 is 6.03 Å². The lowest BCUT2D eigenvalue weighted by molar-refractivity contribution is 0.193. The van der Waals surface area contributed by atoms with Crippen molar-refractivity contribution in [2.24, 2.45) is 0 Å². The van der Waals surface area contributed by atoms with Crippen LogP contribution in [0.25, 0.3) is 0 Å². The molecule has 1 aliphatic rings. The molecular formula is C12H15FN2O2. The van der Waals surface area contributed by atoms with Crippen LogP contribution in [-0.2, 0) is 0 Å². The summed E-state index contributed by atoms with van der Waals surface area (Å²) in [5.74, 6) is -0.302. The molecule has 4 nitrogen and oxygen atoms in total. The molecule has 1 fully saturated rings. The van der Waals surface area contributed by atoms with Crippen LogP contribution in [0.1, 0.15) is 18.0 Å². The van der Waals surface area contributed by atoms with Gasteiger partial charge in [-0.1, -0.05) is 12.1 Å². The van der Waals surface area contributed by atoms with Gasteiger partial charge < -0.3 is 15.3 Å². The first-order valence-electron chi connectivity index (χ1n) is 5.63. The number of aliphatic hydroxyl groups excluding tert-OH is 1. The molecule has 1 aliphatic heterocycles. The van der Waals surface area contributed by atoms with Gasteiger partial charge in [0.05, 0.1) is 6.04 Å². The zero-order valence-electron chi connectivity index (χ0n) is 9.40. The van der Waals surface area contributed by atoms with Crippen LogP contribution in [-0.4, -0.2) is 35.7 Å². The topological polar surface area (TPSA) is 52.6 Å². The Morgan fingerprint density at radius 1 is 1.53 bits per heavy atom. The highest BCUT2D eigenvalue weighted by Crippen LogP contribution is 2.24. The number of hydrogen-bond donors (Lipinski definition) is 2. The van der Waals surface area contributed by atoms with Gasteiger partial charge in [0.1, 0.15) is 5.82 Å². The molecule has 1 aromatic carbocycles. The minimum absolute atomic E-state index is 0.0413. The van der Waals surface area contributed by atoms with Gasteiger partial charge in [0.2, 0.25) is 0 Å². The molecule has 1 aromatic rings. The van der Waals surface area contributed by atoms with Crippen molar-refractivity contribution in [1.29, 1.82) is 0 Å². The van der Waals surface area contributed by atoms with Gasteiger partial charge in [-0.25, -0.2) is 9.18 Å². The minimum Gasteiger partial charge on any atom is -0.396 e. The predicted molar refractivity (Wildman–Crippen MR) is 60.9 cm³/mol. The summed E-state index contributed by atoms with van der Waals surface area (Å²) < 4.78 is 13.1. The molecular weight excluding hydrogens is 223 g/mol. The van der Waals surface area contributed by atoms with Crippen LogP contribution in [0.5, 0.6) is 0 Å². The monoisotopic (exact) mass is 238 g/mol. The second kappa shape index (κ2) is 5.14. The highest BCUT2D eigenvalue weighted by atomic mass is 19.1. The smallest absolute Gasteiger partial charge is 0.318 e. The van der Waals surface area contributed by atoms with Gasteiger partial charge in [-0.3, -0.25) is 0 Å². The quantitative estimate of drug-likeness (QED) is 0.830. The molecule has 5 heteroatoms. The van der Waals surface area contributed by atoms with E-state index in [0.717, 1.165) is 5.56 Å². The molecule has 2 amide bonds. The van der Waals surface area contributed by atoms with Crippen molar-refractivity contribution >= 4 is 6.03 Å². The summed E-state index contributed by atoms with van der Waals surface area (Å²) in [5, 5.41) is 11.5. The van der Waals surface area contributed by atoms with Crippen molar-refractivity contribution in [3.05, 3.63) is 35.6 Å². The van der Waals surface area contributed by atoms with E-state index < -0.39 is 0 Å². The van der Waals surface area contributed by atoms with E-state index in [9.17, 15) is 9.18 Å². The third kappa shape index (κ3) is 2.55. The lowest BCUT2D eigenvalue weighted by Gasteiger charge is -2.23. The molecule has 0 saturated carbocycles. The van der Waals surface area contributed by atoms with Crippen molar-refractivity contribution < 1.29 is 14.3 Å². The van der Waals surface area contributed by atoms with Crippen LogP contribution < -0.4 is 5.32 Å². The molecule has 17 heavy (non-hydrogen) atoms. The summed E-state index contributed by atoms with van der Waals surface area (Å²) in [6.45, 7) is 0.997. The number of benzene rings is 1. The molecule has 2 N–H and O–H groups in total. The number of halogens is 1. The molecule has 0 aliphatic carbocycles. The summed E-state index contributed by atoms with van der Waals surface area (Å²) in [7, 11) is 0. The van der Waals surface area contributed by atoms with Gasteiger partial charge in [-0.15, -0.1) is 0 Å². The van der Waals surface area contributed by atoms with Gasteiger partial charge in [-0.05, 0) is 24.1 Å². The van der Waals surface area contributed by atoms with Gasteiger partial charge in [-0.2, -0.15) is 0 Å². The fraction of sp³-hybridized carbons (Fsp3) is 0.417. The third-order valence-corrected chi connectivity index (χ3v) is 2.87. The molecule has 1 atom stereocenters. The maximum atomic E-state index is 13.1. The molecule has 1 unspecified atom stereocenters. The molecule has 1 heterocycles. The number of amides is 2. The third-order valence-electron chi connectivity index (χ3n) is 2.87. The summed E-state index contributed by atoms with van der Waals surface area (Å²) in [6, 6.07) is 5.96. The fourth-order valence-electron chi connectivity index (χ4n) is 2.05. The van der Waals surface area contributed by atoms with Crippen LogP contribution in [0, 0.1) is 5.82 Å². The highest BCUT2D eigenvalue weighted by molar-refractivity contribution is 5.77. The van der Waals surface area contributed by atoms with Crippen molar-refractivity contribution in [2.75, 3.05) is 19.7 Å². The first kappa shape index (κ1) is 11.9. The number of carbonyl (C=O) groups is 1. The van der Waals surface area contributed by atoms with Crippen LogP contribution >= 0.6 is 0 Å². The first-order valence-corrected chi connectivity index (χ1v) is 5.63. The van der Waals surface area contributed by atoms with Crippen LogP contribution in [0.3, 0.4) is 0 Å². The summed E-state index contributed by atoms with van der Waals surface area (Å²) >= 11 is 0. The van der Waals surface area contributed by atoms with E-state index in [0.29, 0.717) is 19.5 Å². The van der Waals surface area contributed by atoms with E-state index in [4.69, 9.17) is 5.11 Å². The van der Waals surface area contributed by atoms with E-state index in [1.54, 1.807) is 17.0 Å². The Bertz CT molecular complexity index is 411. The number of aliphatic hydroxyl groups is 1. The van der Waals surface area contributed by atoms with E-state index in [1.807, 2.05) is 0 Å². The van der Waals surface area contributed by atoms with Crippen molar-refractivity contribution in [1.82, 2.24) is 10.2 Å². The van der Waals surface area contributed by atoms with Crippen molar-refractivity contribution in [2.45, 2.75) is 12.5 Å². The zero-order valence-corrected chi connectivity index (χ0v) is 9.40. The fourth-order valence-corrected chi connectivity index (χ4v) is 2.05. The SMILES string of the molecule is O=C1NCC(c2cccc(F)c2)N1CCCO. The van der Waals surface area contributed by atoms with Gasteiger partial charge in [0.15, 0.2) is 0 Å². The van der Waals surface area contributed by atoms with E-state index in [1.165, 1.54) is 12.1 Å². The van der Waals surface area contributed by atoms with Crippen molar-refractivity contribution in [3.63, 3.8) is 0 Å². The maximum Gasteiger partial charge on any atom is 0.318 e. The van der Waals surface area contributed by atoms with E-state index >= 15 is 0 Å². The number of nitrogens with zero attached hydrogens (tertiary/aromatic N) is 1. The Kier molecular flexibility index (Phi) is 3.58. The lowest BCUT2D eigenvalue weighted by Crippen LogP contribution is -2.31. The molecule has 2 rings (SSSR count). The van der Waals surface area contributed by atoms with E-state index in [-0.39, 0.29) is 24.5 Å². The average molecular weight is 238 g/mol. The normalized spacial score (nSPS) is 19.5. The number of urea groups is 1. The van der Waals surface area contributed by atoms with E-state index in [2.05, 4.69) is 5.32 Å². The largest absolute Gasteiger partial charge is 0.396 e. The molecule has 0 aromatic heterocycles.